The average Bonchev–Trinajstić information content (AvgIpc) is 3.28. The Kier molecular flexibility index (Phi) is 16.6. The average molecular weight is 1110 g/mol. The topological polar surface area (TPSA) is 0 Å². The SMILES string of the molecule is CC1=C(C)C(C)C([Si](c2c(C)c([Si](C)(C)C)c([Si](C)(C)C)c(C)c2[Si](C)(C)C)(c2c(C)c([Si](C)(C)C)c([Si](C)(C)C)c(C)c2[Si](C)(C)C)c2c(C)c([Si](C)(C)C)c([Si](C)(C)C)c(C)c2[Si](C)(C)C)=C1C. The quantitative estimate of drug-likeness (QED) is 0.118. The first kappa shape index (κ1) is 61.9. The van der Waals surface area contributed by atoms with Crippen molar-refractivity contribution < 1.29 is 0 Å². The van der Waals surface area contributed by atoms with E-state index in [0.29, 0.717) is 5.92 Å². The van der Waals surface area contributed by atoms with E-state index >= 15 is 0 Å². The zero-order chi connectivity index (χ0) is 55.3. The van der Waals surface area contributed by atoms with Crippen LogP contribution in [0.1, 0.15) is 61.1 Å². The monoisotopic (exact) mass is 1110 g/mol. The molecule has 0 spiro atoms. The summed E-state index contributed by atoms with van der Waals surface area (Å²) in [6.07, 6.45) is 0. The molecular formula is C60H112Si10. The van der Waals surface area contributed by atoms with E-state index < -0.39 is 80.7 Å². The van der Waals surface area contributed by atoms with Crippen molar-refractivity contribution in [1.82, 2.24) is 0 Å². The van der Waals surface area contributed by atoms with Crippen LogP contribution in [0.2, 0.25) is 177 Å². The van der Waals surface area contributed by atoms with Crippen molar-refractivity contribution in [2.24, 2.45) is 5.92 Å². The van der Waals surface area contributed by atoms with Crippen LogP contribution in [0.4, 0.5) is 0 Å². The lowest BCUT2D eigenvalue weighted by atomic mass is 10.1. The second-order valence-electron chi connectivity index (χ2n) is 32.3. The first-order chi connectivity index (χ1) is 30.7. The van der Waals surface area contributed by atoms with Crippen LogP contribution in [0.3, 0.4) is 0 Å². The van der Waals surface area contributed by atoms with Gasteiger partial charge in [-0.15, -0.1) is 0 Å². The summed E-state index contributed by atoms with van der Waals surface area (Å²) in [5.41, 5.74) is 15.2. The molecule has 4 rings (SSSR count). The second kappa shape index (κ2) is 18.8. The highest BCUT2D eigenvalue weighted by atomic mass is 28.3. The molecule has 0 fully saturated rings. The molecule has 0 nitrogen and oxygen atoms in total. The van der Waals surface area contributed by atoms with Crippen LogP contribution in [-0.4, -0.2) is 80.7 Å². The van der Waals surface area contributed by atoms with E-state index in [1.165, 1.54) is 0 Å². The first-order valence-electron chi connectivity index (χ1n) is 27.7. The summed E-state index contributed by atoms with van der Waals surface area (Å²) in [5.74, 6) is 0.357. The van der Waals surface area contributed by atoms with Gasteiger partial charge in [-0.25, -0.2) is 0 Å². The van der Waals surface area contributed by atoms with Gasteiger partial charge in [0, 0.05) is 0 Å². The fourth-order valence-corrected chi connectivity index (χ4v) is 54.8. The van der Waals surface area contributed by atoms with Crippen molar-refractivity contribution in [2.45, 2.75) is 246 Å². The highest BCUT2D eigenvalue weighted by molar-refractivity contribution is 7.24. The fourth-order valence-electron chi connectivity index (χ4n) is 15.6. The van der Waals surface area contributed by atoms with E-state index in [4.69, 9.17) is 0 Å². The van der Waals surface area contributed by atoms with Crippen molar-refractivity contribution in [3.8, 4) is 0 Å². The van der Waals surface area contributed by atoms with Crippen molar-refractivity contribution in [1.29, 1.82) is 0 Å². The van der Waals surface area contributed by atoms with Gasteiger partial charge in [-0.3, -0.25) is 0 Å². The molecule has 392 valence electrons. The third-order valence-corrected chi connectivity index (χ3v) is 43.3. The van der Waals surface area contributed by atoms with Gasteiger partial charge in [0.2, 0.25) is 0 Å². The molecule has 0 aromatic heterocycles. The molecule has 3 aromatic carbocycles. The van der Waals surface area contributed by atoms with Gasteiger partial charge in [-0.1, -0.05) is 280 Å². The molecule has 0 N–H and O–H groups in total. The Morgan fingerprint density at radius 2 is 0.357 bits per heavy atom. The molecule has 1 atom stereocenters. The number of rotatable bonds is 13. The zero-order valence-electron chi connectivity index (χ0n) is 53.6. The van der Waals surface area contributed by atoms with Crippen molar-refractivity contribution in [3.05, 3.63) is 55.3 Å². The third-order valence-electron chi connectivity index (χ3n) is 16.9. The lowest BCUT2D eigenvalue weighted by Crippen LogP contribution is -2.86. The minimum atomic E-state index is -3.41. The van der Waals surface area contributed by atoms with Gasteiger partial charge in [0.05, 0.1) is 72.7 Å². The Labute approximate surface area is 446 Å². The largest absolute Gasteiger partial charge is 0.176 e. The molecule has 1 aliphatic carbocycles. The van der Waals surface area contributed by atoms with E-state index in [-0.39, 0.29) is 0 Å². The van der Waals surface area contributed by atoms with Gasteiger partial charge in [0.1, 0.15) is 0 Å². The summed E-state index contributed by atoms with van der Waals surface area (Å²) in [6, 6.07) is 0. The summed E-state index contributed by atoms with van der Waals surface area (Å²) >= 11 is 0. The minimum Gasteiger partial charge on any atom is -0.0656 e. The summed E-state index contributed by atoms with van der Waals surface area (Å²) in [7, 11) is -21.3. The van der Waals surface area contributed by atoms with Crippen molar-refractivity contribution in [3.63, 3.8) is 0 Å². The van der Waals surface area contributed by atoms with Gasteiger partial charge >= 0.3 is 0 Å². The van der Waals surface area contributed by atoms with E-state index in [2.05, 4.69) is 246 Å². The van der Waals surface area contributed by atoms with Gasteiger partial charge in [0.15, 0.2) is 8.07 Å². The first-order valence-corrected chi connectivity index (χ1v) is 61.2. The molecule has 0 amide bonds. The molecule has 3 aromatic rings. The van der Waals surface area contributed by atoms with Crippen LogP contribution in [0.15, 0.2) is 21.9 Å². The molecule has 0 bridgehead atoms. The van der Waals surface area contributed by atoms with Crippen molar-refractivity contribution >= 4 is 143 Å². The number of hydrogen-bond donors (Lipinski definition) is 0. The summed E-state index contributed by atoms with van der Waals surface area (Å²) in [5, 5.41) is 24.2. The Morgan fingerprint density at radius 1 is 0.214 bits per heavy atom. The molecule has 10 heteroatoms. The molecular weight excluding hydrogens is 1000 g/mol. The normalized spacial score (nSPS) is 16.7. The number of benzene rings is 3. The molecule has 0 radical (unpaired) electrons. The molecule has 70 heavy (non-hydrogen) atoms. The van der Waals surface area contributed by atoms with Crippen LogP contribution < -0.4 is 62.2 Å². The van der Waals surface area contributed by atoms with Crippen LogP contribution in [-0.2, 0) is 0 Å². The predicted octanol–water partition coefficient (Wildman–Crippen LogP) is 11.8. The number of allylic oxidation sites excluding steroid dienone is 4. The highest BCUT2D eigenvalue weighted by Crippen LogP contribution is 2.43. The van der Waals surface area contributed by atoms with Crippen LogP contribution >= 0.6 is 0 Å². The highest BCUT2D eigenvalue weighted by Gasteiger charge is 2.58. The van der Waals surface area contributed by atoms with Crippen LogP contribution in [0.25, 0.3) is 0 Å². The predicted molar refractivity (Wildman–Crippen MR) is 359 cm³/mol. The Balaban J connectivity index is 3.11. The maximum Gasteiger partial charge on any atom is 0.176 e. The Morgan fingerprint density at radius 3 is 0.486 bits per heavy atom. The summed E-state index contributed by atoms with van der Waals surface area (Å²) in [4.78, 5) is 0. The second-order valence-corrected chi connectivity index (χ2v) is 80.9. The lowest BCUT2D eigenvalue weighted by molar-refractivity contribution is 0.851. The van der Waals surface area contributed by atoms with E-state index in [1.54, 1.807) is 50.1 Å². The van der Waals surface area contributed by atoms with Gasteiger partial charge in [-0.05, 0) is 89.4 Å². The zero-order valence-corrected chi connectivity index (χ0v) is 63.6. The Hall–Kier alpha value is -0.691. The fraction of sp³-hybridized carbons (Fsp3) is 0.633. The number of hydrogen-bond acceptors (Lipinski definition) is 0. The molecule has 1 aliphatic rings. The molecule has 0 aliphatic heterocycles. The molecule has 0 saturated carbocycles. The summed E-state index contributed by atoms with van der Waals surface area (Å²) in [6.45, 7) is 100. The van der Waals surface area contributed by atoms with Gasteiger partial charge in [-0.2, -0.15) is 0 Å². The molecule has 1 unspecified atom stereocenters. The van der Waals surface area contributed by atoms with E-state index in [1.807, 2.05) is 67.4 Å². The Bertz CT molecular complexity index is 2420. The summed E-state index contributed by atoms with van der Waals surface area (Å²) < 4.78 is 0. The standard InChI is InChI=1S/C60H112Si10/c1-38-39(2)41(4)48(40(38)3)70(58-45(8)52(64(20,21)22)49(61(11,12)13)42(5)55(58)67(29,30)31,59-46(9)53(65(23,24)25)50(62(14,15)16)43(6)56(59)68(32,33)34)60-47(10)54(66(26,27)28)51(63(17,18)19)44(7)57(60)69(35,36)37/h40H,1-37H3. The minimum absolute atomic E-state index is 0.357. The van der Waals surface area contributed by atoms with Crippen LogP contribution in [0, 0.1) is 47.5 Å². The molecule has 0 saturated heterocycles. The molecule has 0 heterocycles. The maximum absolute atomic E-state index is 3.41. The van der Waals surface area contributed by atoms with Gasteiger partial charge < -0.3 is 0 Å². The third kappa shape index (κ3) is 10.3. The van der Waals surface area contributed by atoms with Crippen molar-refractivity contribution in [2.75, 3.05) is 0 Å². The van der Waals surface area contributed by atoms with E-state index in [0.717, 1.165) is 0 Å². The smallest absolute Gasteiger partial charge is 0.0656 e. The van der Waals surface area contributed by atoms with Crippen LogP contribution in [0.5, 0.6) is 0 Å². The lowest BCUT2D eigenvalue weighted by Gasteiger charge is -2.52. The van der Waals surface area contributed by atoms with Gasteiger partial charge in [0.25, 0.3) is 0 Å². The van der Waals surface area contributed by atoms with E-state index in [9.17, 15) is 0 Å². The maximum atomic E-state index is 2.77.